The number of thiazole rings is 1. The summed E-state index contributed by atoms with van der Waals surface area (Å²) in [7, 11) is 3.24. The predicted octanol–water partition coefficient (Wildman–Crippen LogP) is 4.62. The molecule has 0 radical (unpaired) electrons. The minimum absolute atomic E-state index is 0.255. The van der Waals surface area contributed by atoms with Gasteiger partial charge in [-0.15, -0.1) is 11.3 Å². The Balaban J connectivity index is 1.72. The maximum absolute atomic E-state index is 12.4. The number of fused-ring (bicyclic) bond motifs is 1. The molecule has 5 nitrogen and oxygen atoms in total. The Morgan fingerprint density at radius 2 is 2.08 bits per heavy atom. The summed E-state index contributed by atoms with van der Waals surface area (Å²) in [4.78, 5) is 18.5. The van der Waals surface area contributed by atoms with E-state index >= 15 is 0 Å². The molecule has 0 atom stereocenters. The quantitative estimate of drug-likeness (QED) is 0.737. The lowest BCUT2D eigenvalue weighted by molar-refractivity contribution is 0.220. The fourth-order valence-electron chi connectivity index (χ4n) is 2.29. The molecule has 0 fully saturated rings. The van der Waals surface area contributed by atoms with Gasteiger partial charge in [0.25, 0.3) is 0 Å². The Morgan fingerprint density at radius 1 is 1.29 bits per heavy atom. The normalized spacial score (nSPS) is 10.6. The highest BCUT2D eigenvalue weighted by molar-refractivity contribution is 7.18. The first-order valence-corrected chi connectivity index (χ1v) is 8.47. The van der Waals surface area contributed by atoms with Crippen LogP contribution in [0.1, 0.15) is 5.01 Å². The molecule has 3 aromatic rings. The maximum Gasteiger partial charge on any atom is 0.322 e. The molecule has 7 heteroatoms. The summed E-state index contributed by atoms with van der Waals surface area (Å²) >= 11 is 7.65. The molecule has 124 valence electrons. The molecule has 1 N–H and O–H groups in total. The van der Waals surface area contributed by atoms with Crippen molar-refractivity contribution in [3.63, 3.8) is 0 Å². The largest absolute Gasteiger partial charge is 0.493 e. The maximum atomic E-state index is 12.4. The number of para-hydroxylation sites is 2. The molecule has 0 aliphatic rings. The number of halogens is 1. The van der Waals surface area contributed by atoms with E-state index in [0.717, 1.165) is 15.2 Å². The Kier molecular flexibility index (Phi) is 4.87. The summed E-state index contributed by atoms with van der Waals surface area (Å²) in [5, 5.41) is 4.14. The molecule has 0 aliphatic carbocycles. The van der Waals surface area contributed by atoms with Crippen molar-refractivity contribution in [2.24, 2.45) is 0 Å². The zero-order chi connectivity index (χ0) is 17.1. The highest BCUT2D eigenvalue weighted by Gasteiger charge is 2.15. The van der Waals surface area contributed by atoms with Crippen LogP contribution in [0.15, 0.2) is 42.5 Å². The van der Waals surface area contributed by atoms with Gasteiger partial charge in [0.15, 0.2) is 5.75 Å². The van der Waals surface area contributed by atoms with Crippen molar-refractivity contribution >= 4 is 44.9 Å². The van der Waals surface area contributed by atoms with E-state index in [0.29, 0.717) is 23.0 Å². The molecule has 0 saturated carbocycles. The van der Waals surface area contributed by atoms with E-state index in [-0.39, 0.29) is 6.03 Å². The Morgan fingerprint density at radius 3 is 2.83 bits per heavy atom. The first kappa shape index (κ1) is 16.5. The predicted molar refractivity (Wildman–Crippen MR) is 98.1 cm³/mol. The minimum Gasteiger partial charge on any atom is -0.493 e. The Hall–Kier alpha value is -2.31. The van der Waals surface area contributed by atoms with Gasteiger partial charge in [-0.3, -0.25) is 0 Å². The molecular weight excluding hydrogens is 346 g/mol. The van der Waals surface area contributed by atoms with Crippen molar-refractivity contribution in [3.05, 3.63) is 52.5 Å². The van der Waals surface area contributed by atoms with Crippen molar-refractivity contribution in [2.75, 3.05) is 19.5 Å². The van der Waals surface area contributed by atoms with E-state index in [2.05, 4.69) is 10.3 Å². The van der Waals surface area contributed by atoms with Crippen LogP contribution in [0.3, 0.4) is 0 Å². The lowest BCUT2D eigenvalue weighted by Crippen LogP contribution is -2.30. The van der Waals surface area contributed by atoms with Crippen LogP contribution in [-0.2, 0) is 6.54 Å². The van der Waals surface area contributed by atoms with Gasteiger partial charge in [-0.2, -0.15) is 0 Å². The molecule has 1 aromatic heterocycles. The third-order valence-corrected chi connectivity index (χ3v) is 4.79. The van der Waals surface area contributed by atoms with Crippen LogP contribution in [0.25, 0.3) is 10.2 Å². The first-order chi connectivity index (χ1) is 11.6. The summed E-state index contributed by atoms with van der Waals surface area (Å²) in [6, 6.07) is 12.9. The fourth-order valence-corrected chi connectivity index (χ4v) is 3.56. The van der Waals surface area contributed by atoms with Crippen LogP contribution in [0.5, 0.6) is 5.75 Å². The second-order valence-electron chi connectivity index (χ2n) is 5.18. The van der Waals surface area contributed by atoms with Gasteiger partial charge < -0.3 is 15.0 Å². The van der Waals surface area contributed by atoms with Crippen molar-refractivity contribution in [2.45, 2.75) is 6.54 Å². The number of ether oxygens (including phenoxy) is 1. The van der Waals surface area contributed by atoms with E-state index in [9.17, 15) is 4.79 Å². The third-order valence-electron chi connectivity index (χ3n) is 3.47. The lowest BCUT2D eigenvalue weighted by Gasteiger charge is -2.18. The number of carbonyl (C=O) groups excluding carboxylic acids is 1. The number of methoxy groups -OCH3 is 1. The fraction of sp³-hybridized carbons (Fsp3) is 0.176. The number of anilines is 1. The molecule has 0 saturated heterocycles. The van der Waals surface area contributed by atoms with E-state index in [4.69, 9.17) is 16.3 Å². The monoisotopic (exact) mass is 361 g/mol. The smallest absolute Gasteiger partial charge is 0.322 e. The third kappa shape index (κ3) is 3.44. The number of amides is 2. The molecule has 0 bridgehead atoms. The van der Waals surface area contributed by atoms with E-state index in [1.54, 1.807) is 41.5 Å². The second-order valence-corrected chi connectivity index (χ2v) is 6.70. The van der Waals surface area contributed by atoms with E-state index in [1.165, 1.54) is 7.11 Å². The molecule has 0 aliphatic heterocycles. The molecule has 3 rings (SSSR count). The van der Waals surface area contributed by atoms with Crippen molar-refractivity contribution in [1.82, 2.24) is 9.88 Å². The van der Waals surface area contributed by atoms with Crippen LogP contribution in [-0.4, -0.2) is 30.1 Å². The highest BCUT2D eigenvalue weighted by Crippen LogP contribution is 2.32. The van der Waals surface area contributed by atoms with Crippen LogP contribution < -0.4 is 10.1 Å². The van der Waals surface area contributed by atoms with Crippen molar-refractivity contribution in [3.8, 4) is 5.75 Å². The van der Waals surface area contributed by atoms with Gasteiger partial charge in [0.1, 0.15) is 5.01 Å². The van der Waals surface area contributed by atoms with E-state index < -0.39 is 0 Å². The number of carbonyl (C=O) groups is 1. The second kappa shape index (κ2) is 7.07. The Bertz CT molecular complexity index is 848. The highest BCUT2D eigenvalue weighted by atomic mass is 35.5. The van der Waals surface area contributed by atoms with Gasteiger partial charge >= 0.3 is 6.03 Å². The average Bonchev–Trinajstić information content (AvgIpc) is 2.97. The zero-order valence-corrected chi connectivity index (χ0v) is 14.8. The van der Waals surface area contributed by atoms with Gasteiger partial charge in [-0.25, -0.2) is 9.78 Å². The van der Waals surface area contributed by atoms with Gasteiger partial charge in [0.2, 0.25) is 0 Å². The molecule has 0 spiro atoms. The number of rotatable bonds is 4. The summed E-state index contributed by atoms with van der Waals surface area (Å²) < 4.78 is 6.35. The van der Waals surface area contributed by atoms with Crippen molar-refractivity contribution in [1.29, 1.82) is 0 Å². The summed E-state index contributed by atoms with van der Waals surface area (Å²) in [5.41, 5.74) is 1.48. The molecular formula is C17H16ClN3O2S. The zero-order valence-electron chi connectivity index (χ0n) is 13.2. The number of aromatic nitrogens is 1. The van der Waals surface area contributed by atoms with Crippen molar-refractivity contribution < 1.29 is 9.53 Å². The SMILES string of the molecule is COc1c(Cl)cccc1NC(=O)N(C)Cc1nc2ccccc2s1. The van der Waals surface area contributed by atoms with Crippen LogP contribution in [0.4, 0.5) is 10.5 Å². The van der Waals surface area contributed by atoms with Gasteiger partial charge in [0.05, 0.1) is 34.6 Å². The first-order valence-electron chi connectivity index (χ1n) is 7.27. The molecule has 2 aromatic carbocycles. The Labute approximate surface area is 148 Å². The molecule has 2 amide bonds. The van der Waals surface area contributed by atoms with Gasteiger partial charge in [-0.05, 0) is 24.3 Å². The average molecular weight is 362 g/mol. The summed E-state index contributed by atoms with van der Waals surface area (Å²) in [6.07, 6.45) is 0. The van der Waals surface area contributed by atoms with Crippen LogP contribution >= 0.6 is 22.9 Å². The number of hydrogen-bond donors (Lipinski definition) is 1. The standard InChI is InChI=1S/C17H16ClN3O2S/c1-21(10-15-19-12-7-3-4-9-14(12)24-15)17(22)20-13-8-5-6-11(18)16(13)23-2/h3-9H,10H2,1-2H3,(H,20,22). The van der Waals surface area contributed by atoms with E-state index in [1.807, 2.05) is 24.3 Å². The topological polar surface area (TPSA) is 54.5 Å². The lowest BCUT2D eigenvalue weighted by atomic mass is 10.3. The van der Waals surface area contributed by atoms with Gasteiger partial charge in [-0.1, -0.05) is 29.8 Å². The molecule has 0 unspecified atom stereocenters. The summed E-state index contributed by atoms with van der Waals surface area (Å²) in [6.45, 7) is 0.425. The van der Waals surface area contributed by atoms with Crippen LogP contribution in [0.2, 0.25) is 5.02 Å². The number of hydrogen-bond acceptors (Lipinski definition) is 4. The van der Waals surface area contributed by atoms with Gasteiger partial charge in [0, 0.05) is 7.05 Å². The van der Waals surface area contributed by atoms with Crippen LogP contribution in [0, 0.1) is 0 Å². The number of benzene rings is 2. The molecule has 24 heavy (non-hydrogen) atoms. The number of nitrogens with one attached hydrogen (secondary N) is 1. The molecule has 1 heterocycles. The number of urea groups is 1. The minimum atomic E-state index is -0.255. The summed E-state index contributed by atoms with van der Waals surface area (Å²) in [5.74, 6) is 0.445. The number of nitrogens with zero attached hydrogens (tertiary/aromatic N) is 2.